The zero-order valence-electron chi connectivity index (χ0n) is 9.80. The van der Waals surface area contributed by atoms with E-state index in [0.29, 0.717) is 6.61 Å². The van der Waals surface area contributed by atoms with Gasteiger partial charge < -0.3 is 9.47 Å². The number of amides is 1. The highest BCUT2D eigenvalue weighted by Crippen LogP contribution is 2.26. The first kappa shape index (κ1) is 13.8. The van der Waals surface area contributed by atoms with Crippen molar-refractivity contribution in [3.05, 3.63) is 24.3 Å². The van der Waals surface area contributed by atoms with Gasteiger partial charge in [-0.1, -0.05) is 6.07 Å². The zero-order chi connectivity index (χ0) is 12.7. The van der Waals surface area contributed by atoms with Crippen LogP contribution < -0.4 is 16.0 Å². The molecule has 3 N–H and O–H groups in total. The summed E-state index contributed by atoms with van der Waals surface area (Å²) >= 11 is 1.38. The Labute approximate surface area is 105 Å². The molecule has 94 valence electrons. The predicted molar refractivity (Wildman–Crippen MR) is 66.8 cm³/mol. The average Bonchev–Trinajstić information content (AvgIpc) is 2.37. The van der Waals surface area contributed by atoms with Crippen LogP contribution in [0, 0.1) is 0 Å². The second-order valence-electron chi connectivity index (χ2n) is 3.25. The quantitative estimate of drug-likeness (QED) is 0.341. The molecule has 0 bridgehead atoms. The van der Waals surface area contributed by atoms with Crippen LogP contribution >= 0.6 is 11.8 Å². The second kappa shape index (κ2) is 7.16. The van der Waals surface area contributed by atoms with Gasteiger partial charge in [0, 0.05) is 12.0 Å². The van der Waals surface area contributed by atoms with Crippen molar-refractivity contribution in [2.45, 2.75) is 10.1 Å². The summed E-state index contributed by atoms with van der Waals surface area (Å²) in [6.07, 6.45) is 0. The fraction of sp³-hybridized carbons (Fsp3) is 0.364. The minimum absolute atomic E-state index is 0.264. The standard InChI is InChI=1S/C11H16N2O3S/c1-15-7-10(11(14)13-12)17-9-5-3-4-8(6-9)16-2/h3-6,10H,7,12H2,1-2H3,(H,13,14). The first-order chi connectivity index (χ1) is 8.21. The molecule has 0 aliphatic carbocycles. The van der Waals surface area contributed by atoms with E-state index in [1.54, 1.807) is 14.2 Å². The average molecular weight is 256 g/mol. The third-order valence-electron chi connectivity index (χ3n) is 2.07. The first-order valence-corrected chi connectivity index (χ1v) is 5.89. The Morgan fingerprint density at radius 3 is 2.88 bits per heavy atom. The lowest BCUT2D eigenvalue weighted by Gasteiger charge is -2.14. The molecule has 0 fully saturated rings. The van der Waals surface area contributed by atoms with E-state index in [2.05, 4.69) is 5.43 Å². The van der Waals surface area contributed by atoms with E-state index in [1.165, 1.54) is 11.8 Å². The number of methoxy groups -OCH3 is 2. The van der Waals surface area contributed by atoms with Crippen LogP contribution in [0.3, 0.4) is 0 Å². The number of nitrogens with two attached hydrogens (primary N) is 1. The normalized spacial score (nSPS) is 11.9. The molecular weight excluding hydrogens is 240 g/mol. The molecular formula is C11H16N2O3S. The molecule has 0 aliphatic rings. The Morgan fingerprint density at radius 1 is 1.53 bits per heavy atom. The number of ether oxygens (including phenoxy) is 2. The maximum absolute atomic E-state index is 11.5. The van der Waals surface area contributed by atoms with Crippen LogP contribution in [0.15, 0.2) is 29.2 Å². The second-order valence-corrected chi connectivity index (χ2v) is 4.53. The third kappa shape index (κ3) is 4.26. The summed E-state index contributed by atoms with van der Waals surface area (Å²) in [6, 6.07) is 7.47. The van der Waals surface area contributed by atoms with Gasteiger partial charge in [0.1, 0.15) is 11.0 Å². The maximum atomic E-state index is 11.5. The summed E-state index contributed by atoms with van der Waals surface area (Å²) < 4.78 is 10.1. The molecule has 1 aromatic carbocycles. The highest BCUT2D eigenvalue weighted by Gasteiger charge is 2.18. The SMILES string of the molecule is COCC(Sc1cccc(OC)c1)C(=O)NN. The number of rotatable bonds is 6. The lowest BCUT2D eigenvalue weighted by Crippen LogP contribution is -2.39. The van der Waals surface area contributed by atoms with Crippen molar-refractivity contribution in [3.63, 3.8) is 0 Å². The maximum Gasteiger partial charge on any atom is 0.249 e. The smallest absolute Gasteiger partial charge is 0.249 e. The number of carbonyl (C=O) groups is 1. The van der Waals surface area contributed by atoms with E-state index in [-0.39, 0.29) is 11.2 Å². The molecule has 0 radical (unpaired) electrons. The number of carbonyl (C=O) groups excluding carboxylic acids is 1. The Morgan fingerprint density at radius 2 is 2.29 bits per heavy atom. The largest absolute Gasteiger partial charge is 0.497 e. The summed E-state index contributed by atoms with van der Waals surface area (Å²) in [7, 11) is 3.14. The summed E-state index contributed by atoms with van der Waals surface area (Å²) in [6.45, 7) is 0.297. The van der Waals surface area contributed by atoms with Gasteiger partial charge in [0.15, 0.2) is 0 Å². The number of hydrogen-bond donors (Lipinski definition) is 2. The number of thioether (sulfide) groups is 1. The van der Waals surface area contributed by atoms with Gasteiger partial charge in [-0.3, -0.25) is 10.2 Å². The van der Waals surface area contributed by atoms with Crippen molar-refractivity contribution in [1.82, 2.24) is 5.43 Å². The van der Waals surface area contributed by atoms with Crippen molar-refractivity contribution in [1.29, 1.82) is 0 Å². The van der Waals surface area contributed by atoms with Crippen molar-refractivity contribution in [2.24, 2.45) is 5.84 Å². The number of hydrazine groups is 1. The molecule has 0 saturated carbocycles. The van der Waals surface area contributed by atoms with Crippen LogP contribution in [-0.2, 0) is 9.53 Å². The monoisotopic (exact) mass is 256 g/mol. The van der Waals surface area contributed by atoms with E-state index in [9.17, 15) is 4.79 Å². The molecule has 0 saturated heterocycles. The van der Waals surface area contributed by atoms with Gasteiger partial charge in [-0.05, 0) is 18.2 Å². The zero-order valence-corrected chi connectivity index (χ0v) is 10.6. The van der Waals surface area contributed by atoms with E-state index < -0.39 is 0 Å². The van der Waals surface area contributed by atoms with Gasteiger partial charge >= 0.3 is 0 Å². The Bertz CT molecular complexity index is 373. The predicted octanol–water partition coefficient (Wildman–Crippen LogP) is 0.792. The van der Waals surface area contributed by atoms with Gasteiger partial charge in [-0.2, -0.15) is 0 Å². The third-order valence-corrected chi connectivity index (χ3v) is 3.23. The lowest BCUT2D eigenvalue weighted by atomic mass is 10.3. The van der Waals surface area contributed by atoms with Gasteiger partial charge in [0.25, 0.3) is 0 Å². The number of benzene rings is 1. The van der Waals surface area contributed by atoms with Gasteiger partial charge in [0.05, 0.1) is 13.7 Å². The fourth-order valence-electron chi connectivity index (χ4n) is 1.25. The van der Waals surface area contributed by atoms with E-state index in [0.717, 1.165) is 10.6 Å². The molecule has 5 nitrogen and oxygen atoms in total. The van der Waals surface area contributed by atoms with Crippen molar-refractivity contribution in [3.8, 4) is 5.75 Å². The van der Waals surface area contributed by atoms with Gasteiger partial charge in [0.2, 0.25) is 5.91 Å². The minimum Gasteiger partial charge on any atom is -0.497 e. The molecule has 17 heavy (non-hydrogen) atoms. The molecule has 1 aromatic rings. The summed E-state index contributed by atoms with van der Waals surface area (Å²) in [5.74, 6) is 5.60. The lowest BCUT2D eigenvalue weighted by molar-refractivity contribution is -0.121. The first-order valence-electron chi connectivity index (χ1n) is 5.01. The van der Waals surface area contributed by atoms with Crippen LogP contribution in [0.2, 0.25) is 0 Å². The molecule has 0 heterocycles. The van der Waals surface area contributed by atoms with Gasteiger partial charge in [-0.15, -0.1) is 11.8 Å². The van der Waals surface area contributed by atoms with Crippen LogP contribution in [-0.4, -0.2) is 32.0 Å². The Kier molecular flexibility index (Phi) is 5.82. The number of nitrogens with one attached hydrogen (secondary N) is 1. The Balaban J connectivity index is 2.74. The Hall–Kier alpha value is -1.24. The van der Waals surface area contributed by atoms with Crippen LogP contribution in [0.1, 0.15) is 0 Å². The fourth-order valence-corrected chi connectivity index (χ4v) is 2.30. The minimum atomic E-state index is -0.378. The summed E-state index contributed by atoms with van der Waals surface area (Å²) in [5, 5.41) is -0.378. The molecule has 6 heteroatoms. The highest BCUT2D eigenvalue weighted by molar-refractivity contribution is 8.00. The van der Waals surface area contributed by atoms with Crippen LogP contribution in [0.25, 0.3) is 0 Å². The summed E-state index contributed by atoms with van der Waals surface area (Å²) in [4.78, 5) is 12.4. The molecule has 1 rings (SSSR count). The van der Waals surface area contributed by atoms with Crippen molar-refractivity contribution >= 4 is 17.7 Å². The molecule has 1 atom stereocenters. The molecule has 0 aliphatic heterocycles. The van der Waals surface area contributed by atoms with Crippen LogP contribution in [0.5, 0.6) is 5.75 Å². The molecule has 0 spiro atoms. The highest BCUT2D eigenvalue weighted by atomic mass is 32.2. The van der Waals surface area contributed by atoms with E-state index in [1.807, 2.05) is 24.3 Å². The molecule has 1 amide bonds. The van der Waals surface area contributed by atoms with Gasteiger partial charge in [-0.25, -0.2) is 5.84 Å². The molecule has 1 unspecified atom stereocenters. The van der Waals surface area contributed by atoms with Crippen molar-refractivity contribution in [2.75, 3.05) is 20.8 Å². The van der Waals surface area contributed by atoms with Crippen LogP contribution in [0.4, 0.5) is 0 Å². The van der Waals surface area contributed by atoms with Crippen molar-refractivity contribution < 1.29 is 14.3 Å². The molecule has 0 aromatic heterocycles. The summed E-state index contributed by atoms with van der Waals surface area (Å²) in [5.41, 5.74) is 2.13. The van der Waals surface area contributed by atoms with E-state index >= 15 is 0 Å². The van der Waals surface area contributed by atoms with E-state index in [4.69, 9.17) is 15.3 Å². The topological polar surface area (TPSA) is 73.6 Å². The number of hydrogen-bond acceptors (Lipinski definition) is 5.